The zero-order valence-electron chi connectivity index (χ0n) is 12.1. The highest BCUT2D eigenvalue weighted by Crippen LogP contribution is 2.37. The second kappa shape index (κ2) is 6.57. The van der Waals surface area contributed by atoms with Gasteiger partial charge in [0.15, 0.2) is 21.3 Å². The summed E-state index contributed by atoms with van der Waals surface area (Å²) in [5.74, 6) is -2.24. The molecule has 0 unspecified atom stereocenters. The van der Waals surface area contributed by atoms with Crippen LogP contribution in [0.5, 0.6) is 11.5 Å². The minimum Gasteiger partial charge on any atom is -0.492 e. The lowest BCUT2D eigenvalue weighted by Gasteiger charge is -2.14. The molecule has 0 aliphatic rings. The van der Waals surface area contributed by atoms with E-state index < -0.39 is 21.6 Å². The van der Waals surface area contributed by atoms with Crippen molar-refractivity contribution < 1.29 is 32.2 Å². The molecule has 0 bridgehead atoms. The molecule has 0 saturated heterocycles. The fourth-order valence-electron chi connectivity index (χ4n) is 1.72. The predicted molar refractivity (Wildman–Crippen MR) is 73.6 cm³/mol. The van der Waals surface area contributed by atoms with Crippen LogP contribution in [0, 0.1) is 0 Å². The minimum absolute atomic E-state index is 0.0471. The Morgan fingerprint density at radius 2 is 1.67 bits per heavy atom. The molecule has 0 aliphatic heterocycles. The van der Waals surface area contributed by atoms with Crippen LogP contribution in [0.15, 0.2) is 17.0 Å². The Bertz CT molecular complexity index is 661. The molecule has 21 heavy (non-hydrogen) atoms. The molecule has 1 aromatic carbocycles. The largest absolute Gasteiger partial charge is 0.492 e. The number of hydrogen-bond donors (Lipinski definition) is 0. The molecular weight excluding hydrogens is 300 g/mol. The maximum atomic E-state index is 12.0. The molecule has 0 amide bonds. The van der Waals surface area contributed by atoms with Crippen molar-refractivity contribution in [2.45, 2.75) is 11.8 Å². The Kier molecular flexibility index (Phi) is 5.31. The Hall–Kier alpha value is -2.09. The lowest BCUT2D eigenvalue weighted by atomic mass is 10.1. The average molecular weight is 316 g/mol. The predicted octanol–water partition coefficient (Wildman–Crippen LogP) is 0.853. The van der Waals surface area contributed by atoms with E-state index in [2.05, 4.69) is 4.74 Å². The van der Waals surface area contributed by atoms with Crippen molar-refractivity contribution in [2.75, 3.05) is 27.1 Å². The summed E-state index contributed by atoms with van der Waals surface area (Å²) in [7, 11) is -1.10. The molecule has 0 aromatic heterocycles. The smallest absolute Gasteiger partial charge is 0.379 e. The lowest BCUT2D eigenvalue weighted by Crippen LogP contribution is -2.19. The van der Waals surface area contributed by atoms with Crippen LogP contribution in [0.2, 0.25) is 0 Å². The van der Waals surface area contributed by atoms with E-state index in [4.69, 9.17) is 9.47 Å². The van der Waals surface area contributed by atoms with E-state index >= 15 is 0 Å². The van der Waals surface area contributed by atoms with E-state index in [1.165, 1.54) is 26.4 Å². The van der Waals surface area contributed by atoms with Gasteiger partial charge in [-0.3, -0.25) is 4.79 Å². The number of ether oxygens (including phenoxy) is 3. The van der Waals surface area contributed by atoms with Gasteiger partial charge in [0.25, 0.3) is 5.78 Å². The molecule has 1 rings (SSSR count). The molecule has 0 N–H and O–H groups in total. The van der Waals surface area contributed by atoms with Crippen LogP contribution in [-0.4, -0.2) is 47.3 Å². The third-order valence-corrected chi connectivity index (χ3v) is 3.71. The SMILES string of the molecule is CCOC(=O)C(=O)c1ccc(S(C)(=O)=O)c(OC)c1OC. The molecule has 0 saturated carbocycles. The maximum absolute atomic E-state index is 12.0. The van der Waals surface area contributed by atoms with Crippen LogP contribution in [-0.2, 0) is 19.4 Å². The summed E-state index contributed by atoms with van der Waals surface area (Å²) in [5, 5.41) is 0. The first-order valence-electron chi connectivity index (χ1n) is 5.94. The maximum Gasteiger partial charge on any atom is 0.379 e. The van der Waals surface area contributed by atoms with Crippen LogP contribution in [0.4, 0.5) is 0 Å². The molecule has 116 valence electrons. The van der Waals surface area contributed by atoms with Gasteiger partial charge in [-0.2, -0.15) is 0 Å². The van der Waals surface area contributed by atoms with Crippen LogP contribution < -0.4 is 9.47 Å². The molecule has 0 spiro atoms. The highest BCUT2D eigenvalue weighted by molar-refractivity contribution is 7.90. The number of sulfone groups is 1. The van der Waals surface area contributed by atoms with E-state index in [0.717, 1.165) is 6.26 Å². The standard InChI is InChI=1S/C13H16O7S/c1-5-20-13(15)10(14)8-6-7-9(21(4,16)17)12(19-3)11(8)18-2/h6-7H,5H2,1-4H3. The number of methoxy groups -OCH3 is 2. The minimum atomic E-state index is -3.58. The summed E-state index contributed by atoms with van der Waals surface area (Å²) in [6.45, 7) is 1.61. The first-order chi connectivity index (χ1) is 9.77. The van der Waals surface area contributed by atoms with Crippen LogP contribution in [0.3, 0.4) is 0 Å². The average Bonchev–Trinajstić information content (AvgIpc) is 2.43. The Labute approximate surface area is 122 Å². The van der Waals surface area contributed by atoms with E-state index in [1.54, 1.807) is 6.92 Å². The molecule has 0 radical (unpaired) electrons. The molecule has 0 atom stereocenters. The molecule has 0 fully saturated rings. The van der Waals surface area contributed by atoms with Gasteiger partial charge in [0.1, 0.15) is 4.90 Å². The van der Waals surface area contributed by atoms with E-state index in [0.29, 0.717) is 0 Å². The van der Waals surface area contributed by atoms with Crippen LogP contribution in [0.1, 0.15) is 17.3 Å². The molecule has 0 heterocycles. The summed E-state index contributed by atoms with van der Waals surface area (Å²) in [4.78, 5) is 23.4. The molecule has 8 heteroatoms. The van der Waals surface area contributed by atoms with Crippen molar-refractivity contribution in [3.63, 3.8) is 0 Å². The van der Waals surface area contributed by atoms with Crippen molar-refractivity contribution in [3.8, 4) is 11.5 Å². The molecule has 1 aromatic rings. The normalized spacial score (nSPS) is 10.9. The van der Waals surface area contributed by atoms with E-state index in [1.807, 2.05) is 0 Å². The second-order valence-electron chi connectivity index (χ2n) is 4.00. The highest BCUT2D eigenvalue weighted by atomic mass is 32.2. The summed E-state index contributed by atoms with van der Waals surface area (Å²) in [6, 6.07) is 2.38. The summed E-state index contributed by atoms with van der Waals surface area (Å²) < 4.78 is 38.0. The van der Waals surface area contributed by atoms with Gasteiger partial charge in [-0.1, -0.05) is 0 Å². The quantitative estimate of drug-likeness (QED) is 0.436. The zero-order valence-corrected chi connectivity index (χ0v) is 12.9. The first-order valence-corrected chi connectivity index (χ1v) is 7.83. The van der Waals surface area contributed by atoms with Crippen molar-refractivity contribution in [1.29, 1.82) is 0 Å². The van der Waals surface area contributed by atoms with Gasteiger partial charge in [-0.15, -0.1) is 0 Å². The number of ketones is 1. The topological polar surface area (TPSA) is 96.0 Å². The van der Waals surface area contributed by atoms with Gasteiger partial charge in [-0.05, 0) is 19.1 Å². The van der Waals surface area contributed by atoms with Gasteiger partial charge in [0.05, 0.1) is 26.4 Å². The summed E-state index contributed by atoms with van der Waals surface area (Å²) in [5.41, 5.74) is -0.125. The van der Waals surface area contributed by atoms with Crippen LogP contribution in [0.25, 0.3) is 0 Å². The number of esters is 1. The molecular formula is C13H16O7S. The number of benzene rings is 1. The summed E-state index contributed by atoms with van der Waals surface area (Å²) >= 11 is 0. The van der Waals surface area contributed by atoms with Gasteiger partial charge in [-0.25, -0.2) is 13.2 Å². The fourth-order valence-corrected chi connectivity index (χ4v) is 2.55. The van der Waals surface area contributed by atoms with Crippen molar-refractivity contribution >= 4 is 21.6 Å². The van der Waals surface area contributed by atoms with Crippen molar-refractivity contribution in [1.82, 2.24) is 0 Å². The highest BCUT2D eigenvalue weighted by Gasteiger charge is 2.28. The van der Waals surface area contributed by atoms with E-state index in [-0.39, 0.29) is 28.6 Å². The Morgan fingerprint density at radius 1 is 1.10 bits per heavy atom. The van der Waals surface area contributed by atoms with Crippen LogP contribution >= 0.6 is 0 Å². The van der Waals surface area contributed by atoms with Gasteiger partial charge in [0, 0.05) is 6.26 Å². The van der Waals surface area contributed by atoms with Gasteiger partial charge >= 0.3 is 5.97 Å². The molecule has 7 nitrogen and oxygen atoms in total. The lowest BCUT2D eigenvalue weighted by molar-refractivity contribution is -0.137. The zero-order chi connectivity index (χ0) is 16.2. The number of carbonyl (C=O) groups is 2. The second-order valence-corrected chi connectivity index (χ2v) is 5.98. The van der Waals surface area contributed by atoms with Gasteiger partial charge in [0.2, 0.25) is 0 Å². The van der Waals surface area contributed by atoms with Crippen molar-refractivity contribution in [2.24, 2.45) is 0 Å². The summed E-state index contributed by atoms with van der Waals surface area (Å²) in [6.07, 6.45) is 0.997. The fraction of sp³-hybridized carbons (Fsp3) is 0.385. The number of Topliss-reactive ketones (excluding diaryl/α,β-unsaturated/α-hetero) is 1. The van der Waals surface area contributed by atoms with Gasteiger partial charge < -0.3 is 14.2 Å². The Morgan fingerprint density at radius 3 is 2.10 bits per heavy atom. The molecule has 0 aliphatic carbocycles. The van der Waals surface area contributed by atoms with E-state index in [9.17, 15) is 18.0 Å². The first kappa shape index (κ1) is 17.0. The third-order valence-electron chi connectivity index (χ3n) is 2.59. The number of carbonyl (C=O) groups excluding carboxylic acids is 2. The third kappa shape index (κ3) is 3.52. The number of rotatable bonds is 6. The monoisotopic (exact) mass is 316 g/mol. The Balaban J connectivity index is 3.51. The van der Waals surface area contributed by atoms with Crippen molar-refractivity contribution in [3.05, 3.63) is 17.7 Å². The number of hydrogen-bond acceptors (Lipinski definition) is 7.